The quantitative estimate of drug-likeness (QED) is 0.0997. The number of benzene rings is 3. The summed E-state index contributed by atoms with van der Waals surface area (Å²) in [6, 6.07) is 21.4. The number of hydrogen-bond acceptors (Lipinski definition) is 7. The minimum atomic E-state index is -1.43. The van der Waals surface area contributed by atoms with Gasteiger partial charge in [0.2, 0.25) is 0 Å². The van der Waals surface area contributed by atoms with Gasteiger partial charge in [0.15, 0.2) is 12.2 Å². The average molecular weight is 662 g/mol. The fourth-order valence-electron chi connectivity index (χ4n) is 5.41. The second-order valence-electron chi connectivity index (χ2n) is 13.4. The maximum Gasteiger partial charge on any atom is 0.339 e. The lowest BCUT2D eigenvalue weighted by molar-refractivity contribution is -0.185. The van der Waals surface area contributed by atoms with Gasteiger partial charge in [-0.3, -0.25) is 4.79 Å². The van der Waals surface area contributed by atoms with Gasteiger partial charge in [0.1, 0.15) is 12.2 Å². The molecule has 0 aliphatic rings. The molecule has 3 aromatic rings. The molecule has 0 saturated carbocycles. The molecule has 0 fully saturated rings. The molecule has 0 bridgehead atoms. The minimum Gasteiger partial charge on any atom is -0.464 e. The molecule has 0 aliphatic heterocycles. The molecule has 1 N–H and O–H groups in total. The van der Waals surface area contributed by atoms with Crippen LogP contribution >= 0.6 is 0 Å². The summed E-state index contributed by atoms with van der Waals surface area (Å²) in [5.74, 6) is -1.88. The highest BCUT2D eigenvalue weighted by Crippen LogP contribution is 2.19. The Balaban J connectivity index is 1.56. The van der Waals surface area contributed by atoms with E-state index >= 15 is 0 Å². The molecule has 1 amide bonds. The summed E-state index contributed by atoms with van der Waals surface area (Å²) in [4.78, 5) is 39.0. The average Bonchev–Trinajstić information content (AvgIpc) is 3.04. The molecule has 0 aromatic heterocycles. The van der Waals surface area contributed by atoms with Crippen LogP contribution in [0.4, 0.5) is 0 Å². The molecule has 48 heavy (non-hydrogen) atoms. The summed E-state index contributed by atoms with van der Waals surface area (Å²) < 4.78 is 22.3. The van der Waals surface area contributed by atoms with E-state index in [2.05, 4.69) is 73.8 Å². The molecule has 0 radical (unpaired) electrons. The maximum absolute atomic E-state index is 13.5. The van der Waals surface area contributed by atoms with Crippen molar-refractivity contribution in [1.29, 1.82) is 0 Å². The van der Waals surface area contributed by atoms with Gasteiger partial charge < -0.3 is 24.3 Å². The molecule has 2 atom stereocenters. The predicted octanol–water partition coefficient (Wildman–Crippen LogP) is 7.37. The summed E-state index contributed by atoms with van der Waals surface area (Å²) in [6.45, 7) is 11.4. The fourth-order valence-corrected chi connectivity index (χ4v) is 5.41. The van der Waals surface area contributed by atoms with Gasteiger partial charge in [0, 0.05) is 13.2 Å². The van der Waals surface area contributed by atoms with Gasteiger partial charge in [-0.2, -0.15) is 0 Å². The lowest BCUT2D eigenvalue weighted by atomic mass is 10.0. The second-order valence-corrected chi connectivity index (χ2v) is 13.4. The molecular weight excluding hydrogens is 606 g/mol. The summed E-state index contributed by atoms with van der Waals surface area (Å²) in [6.07, 6.45) is 4.42. The van der Waals surface area contributed by atoms with E-state index in [0.29, 0.717) is 13.0 Å². The van der Waals surface area contributed by atoms with E-state index in [1.807, 2.05) is 6.07 Å². The monoisotopic (exact) mass is 661 g/mol. The normalized spacial score (nSPS) is 12.8. The van der Waals surface area contributed by atoms with Crippen LogP contribution in [0.2, 0.25) is 0 Å². The first-order valence-corrected chi connectivity index (χ1v) is 17.4. The van der Waals surface area contributed by atoms with Crippen molar-refractivity contribution < 1.29 is 33.3 Å². The van der Waals surface area contributed by atoms with Crippen molar-refractivity contribution in [3.8, 4) is 0 Å². The summed E-state index contributed by atoms with van der Waals surface area (Å²) >= 11 is 0. The van der Waals surface area contributed by atoms with E-state index in [-0.39, 0.29) is 13.2 Å². The minimum absolute atomic E-state index is 0.169. The number of rotatable bonds is 20. The van der Waals surface area contributed by atoms with Crippen molar-refractivity contribution in [2.24, 2.45) is 0 Å². The van der Waals surface area contributed by atoms with Crippen LogP contribution < -0.4 is 5.32 Å². The van der Waals surface area contributed by atoms with Gasteiger partial charge in [-0.25, -0.2) is 9.59 Å². The number of fused-ring (bicyclic) bond motifs is 1. The van der Waals surface area contributed by atoms with E-state index in [1.165, 1.54) is 33.0 Å². The van der Waals surface area contributed by atoms with Crippen molar-refractivity contribution in [2.75, 3.05) is 26.4 Å². The lowest BCUT2D eigenvalue weighted by Gasteiger charge is -2.28. The number of hydrogen-bond donors (Lipinski definition) is 1. The van der Waals surface area contributed by atoms with E-state index in [4.69, 9.17) is 18.9 Å². The second kappa shape index (κ2) is 19.9. The Morgan fingerprint density at radius 1 is 0.729 bits per heavy atom. The molecule has 0 heterocycles. The van der Waals surface area contributed by atoms with Crippen LogP contribution in [0.3, 0.4) is 0 Å². The zero-order chi connectivity index (χ0) is 34.9. The van der Waals surface area contributed by atoms with Crippen LogP contribution in [0.5, 0.6) is 0 Å². The summed E-state index contributed by atoms with van der Waals surface area (Å²) in [5.41, 5.74) is 4.32. The van der Waals surface area contributed by atoms with Gasteiger partial charge in [0.05, 0.1) is 6.61 Å². The summed E-state index contributed by atoms with van der Waals surface area (Å²) in [7, 11) is 0. The smallest absolute Gasteiger partial charge is 0.339 e. The Labute approximate surface area is 286 Å². The van der Waals surface area contributed by atoms with E-state index in [0.717, 1.165) is 44.9 Å². The first-order chi connectivity index (χ1) is 23.0. The van der Waals surface area contributed by atoms with Crippen LogP contribution in [0.25, 0.3) is 10.8 Å². The third-order valence-electron chi connectivity index (χ3n) is 8.09. The number of unbranched alkanes of at least 4 members (excludes halogenated alkanes) is 4. The molecule has 262 valence electrons. The van der Waals surface area contributed by atoms with E-state index in [9.17, 15) is 14.4 Å². The maximum atomic E-state index is 13.5. The third kappa shape index (κ3) is 13.8. The lowest BCUT2D eigenvalue weighted by Crippen LogP contribution is -2.51. The van der Waals surface area contributed by atoms with Crippen molar-refractivity contribution in [2.45, 2.75) is 111 Å². The number of aryl methyl sites for hydroxylation is 4. The third-order valence-corrected chi connectivity index (χ3v) is 8.09. The Kier molecular flexibility index (Phi) is 16.1. The highest BCUT2D eigenvalue weighted by molar-refractivity contribution is 5.89. The zero-order valence-electron chi connectivity index (χ0n) is 29.8. The highest BCUT2D eigenvalue weighted by atomic mass is 16.6. The van der Waals surface area contributed by atoms with Gasteiger partial charge in [-0.05, 0) is 113 Å². The summed E-state index contributed by atoms with van der Waals surface area (Å²) in [5, 5.41) is 5.40. The van der Waals surface area contributed by atoms with Crippen LogP contribution in [0.1, 0.15) is 88.5 Å². The van der Waals surface area contributed by atoms with Gasteiger partial charge >= 0.3 is 11.9 Å². The number of ether oxygens (including phenoxy) is 4. The Hall–Kier alpha value is -3.75. The molecule has 0 unspecified atom stereocenters. The molecule has 0 spiro atoms. The topological polar surface area (TPSA) is 100 Å². The standard InChI is InChI=1S/C40H55NO7/c1-7-45-35(42)28-47-37(39(44)48-40(4,5)6)36(46-25-15-9-11-16-31-21-20-29(2)30(3)26-31)38(43)41-24-14-8-10-17-32-22-23-33-18-12-13-19-34(33)27-32/h12-13,18-23,26-27,36-37H,7-11,14-17,24-25,28H2,1-6H3,(H,41,43)/t36-,37-/m1/s1. The molecule has 0 aliphatic carbocycles. The highest BCUT2D eigenvalue weighted by Gasteiger charge is 2.39. The van der Waals surface area contributed by atoms with E-state index in [1.54, 1.807) is 27.7 Å². The molecule has 0 saturated heterocycles. The molecular formula is C40H55NO7. The number of nitrogens with one attached hydrogen (secondary N) is 1. The van der Waals surface area contributed by atoms with Crippen molar-refractivity contribution in [1.82, 2.24) is 5.32 Å². The predicted molar refractivity (Wildman–Crippen MR) is 190 cm³/mol. The number of amides is 1. The number of carbonyl (C=O) groups is 3. The first-order valence-electron chi connectivity index (χ1n) is 17.4. The number of esters is 2. The van der Waals surface area contributed by atoms with E-state index < -0.39 is 42.3 Å². The number of carbonyl (C=O) groups excluding carboxylic acids is 3. The zero-order valence-corrected chi connectivity index (χ0v) is 29.8. The van der Waals surface area contributed by atoms with Gasteiger partial charge in [-0.15, -0.1) is 0 Å². The molecule has 8 heteroatoms. The molecule has 8 nitrogen and oxygen atoms in total. The van der Waals surface area contributed by atoms with Crippen molar-refractivity contribution in [3.05, 3.63) is 82.9 Å². The Morgan fingerprint density at radius 3 is 2.08 bits per heavy atom. The SMILES string of the molecule is CCOC(=O)CO[C@@H](C(=O)OC(C)(C)C)[C@@H](OCCCCCc1ccc(C)c(C)c1)C(=O)NCCCCCc1ccc2ccccc2c1. The van der Waals surface area contributed by atoms with Crippen molar-refractivity contribution >= 4 is 28.6 Å². The van der Waals surface area contributed by atoms with Gasteiger partial charge in [-0.1, -0.05) is 73.5 Å². The van der Waals surface area contributed by atoms with Crippen molar-refractivity contribution in [3.63, 3.8) is 0 Å². The largest absolute Gasteiger partial charge is 0.464 e. The molecule has 3 rings (SSSR count). The molecule has 3 aromatic carbocycles. The first kappa shape index (κ1) is 38.7. The van der Waals surface area contributed by atoms with Crippen LogP contribution in [0, 0.1) is 13.8 Å². The Morgan fingerprint density at radius 2 is 1.40 bits per heavy atom. The van der Waals surface area contributed by atoms with Gasteiger partial charge in [0.25, 0.3) is 5.91 Å². The van der Waals surface area contributed by atoms with Crippen LogP contribution in [-0.2, 0) is 46.2 Å². The fraction of sp³-hybridized carbons (Fsp3) is 0.525. The van der Waals surface area contributed by atoms with Crippen LogP contribution in [-0.4, -0.2) is 62.0 Å². The Bertz CT molecular complexity index is 1460. The van der Waals surface area contributed by atoms with Crippen LogP contribution in [0.15, 0.2) is 60.7 Å².